The van der Waals surface area contributed by atoms with Crippen molar-refractivity contribution < 1.29 is 0 Å². The maximum atomic E-state index is 3.75. The first-order chi connectivity index (χ1) is 8.78. The van der Waals surface area contributed by atoms with E-state index in [1.807, 2.05) is 0 Å². The van der Waals surface area contributed by atoms with Crippen LogP contribution < -0.4 is 5.32 Å². The molecule has 0 aromatic heterocycles. The smallest absolute Gasteiger partial charge is 0.0351 e. The third-order valence-electron chi connectivity index (χ3n) is 5.05. The van der Waals surface area contributed by atoms with E-state index in [-0.39, 0.29) is 0 Å². The molecule has 0 saturated heterocycles. The molecule has 0 radical (unpaired) electrons. The fourth-order valence-corrected chi connectivity index (χ4v) is 4.30. The van der Waals surface area contributed by atoms with Gasteiger partial charge in [-0.1, -0.05) is 43.2 Å². The molecule has 0 aliphatic heterocycles. The highest BCUT2D eigenvalue weighted by Crippen LogP contribution is 2.52. The molecule has 0 heterocycles. The van der Waals surface area contributed by atoms with E-state index in [1.165, 1.54) is 36.8 Å². The van der Waals surface area contributed by atoms with E-state index >= 15 is 0 Å². The number of fused-ring (bicyclic) bond motifs is 2. The Hall–Kier alpha value is -0.820. The summed E-state index contributed by atoms with van der Waals surface area (Å²) in [6.45, 7) is 5.51. The van der Waals surface area contributed by atoms with Crippen molar-refractivity contribution in [1.82, 2.24) is 5.32 Å². The van der Waals surface area contributed by atoms with Crippen molar-refractivity contribution in [3.63, 3.8) is 0 Å². The fourth-order valence-electron chi connectivity index (χ4n) is 4.30. The zero-order valence-electron chi connectivity index (χ0n) is 11.7. The zero-order valence-corrected chi connectivity index (χ0v) is 11.7. The average molecular weight is 243 g/mol. The topological polar surface area (TPSA) is 12.0 Å². The molecule has 1 aromatic rings. The molecule has 3 rings (SSSR count). The van der Waals surface area contributed by atoms with E-state index in [4.69, 9.17) is 0 Å². The second-order valence-corrected chi connectivity index (χ2v) is 6.29. The third kappa shape index (κ3) is 2.21. The van der Waals surface area contributed by atoms with E-state index < -0.39 is 0 Å². The maximum Gasteiger partial charge on any atom is 0.0351 e. The molecule has 4 unspecified atom stereocenters. The lowest BCUT2D eigenvalue weighted by Gasteiger charge is -2.31. The minimum absolute atomic E-state index is 0.588. The van der Waals surface area contributed by atoms with Gasteiger partial charge in [0.25, 0.3) is 0 Å². The van der Waals surface area contributed by atoms with E-state index in [2.05, 4.69) is 43.4 Å². The summed E-state index contributed by atoms with van der Waals surface area (Å²) in [4.78, 5) is 0. The van der Waals surface area contributed by atoms with Crippen LogP contribution in [0.1, 0.15) is 49.8 Å². The Morgan fingerprint density at radius 2 is 2.17 bits per heavy atom. The molecule has 2 saturated carbocycles. The number of hydrogen-bond acceptors (Lipinski definition) is 1. The first-order valence-corrected chi connectivity index (χ1v) is 7.58. The van der Waals surface area contributed by atoms with Gasteiger partial charge >= 0.3 is 0 Å². The van der Waals surface area contributed by atoms with E-state index in [0.717, 1.165) is 24.3 Å². The van der Waals surface area contributed by atoms with Gasteiger partial charge in [0.05, 0.1) is 0 Å². The molecule has 0 spiro atoms. The van der Waals surface area contributed by atoms with Gasteiger partial charge in [0.2, 0.25) is 0 Å². The predicted molar refractivity (Wildman–Crippen MR) is 76.5 cm³/mol. The molecule has 2 bridgehead atoms. The second kappa shape index (κ2) is 5.05. The average Bonchev–Trinajstić information content (AvgIpc) is 2.98. The Morgan fingerprint density at radius 3 is 2.78 bits per heavy atom. The van der Waals surface area contributed by atoms with Gasteiger partial charge in [-0.15, -0.1) is 0 Å². The van der Waals surface area contributed by atoms with Crippen LogP contribution in [0, 0.1) is 24.7 Å². The van der Waals surface area contributed by atoms with Crippen molar-refractivity contribution in [1.29, 1.82) is 0 Å². The van der Waals surface area contributed by atoms with E-state index in [1.54, 1.807) is 0 Å². The molecule has 2 aliphatic carbocycles. The summed E-state index contributed by atoms with van der Waals surface area (Å²) in [5.41, 5.74) is 2.90. The first kappa shape index (κ1) is 12.2. The molecule has 1 aromatic carbocycles. The summed E-state index contributed by atoms with van der Waals surface area (Å²) in [6.07, 6.45) is 5.92. The van der Waals surface area contributed by atoms with Gasteiger partial charge in [0, 0.05) is 6.04 Å². The van der Waals surface area contributed by atoms with Crippen LogP contribution in [0.2, 0.25) is 0 Å². The van der Waals surface area contributed by atoms with Crippen LogP contribution in [0.5, 0.6) is 0 Å². The number of hydrogen-bond donors (Lipinski definition) is 1. The summed E-state index contributed by atoms with van der Waals surface area (Å²) in [7, 11) is 0. The summed E-state index contributed by atoms with van der Waals surface area (Å²) >= 11 is 0. The number of nitrogens with one attached hydrogen (secondary N) is 1. The van der Waals surface area contributed by atoms with Crippen molar-refractivity contribution in [3.05, 3.63) is 35.4 Å². The van der Waals surface area contributed by atoms with Crippen LogP contribution in [0.15, 0.2) is 24.3 Å². The summed E-state index contributed by atoms with van der Waals surface area (Å²) < 4.78 is 0. The first-order valence-electron chi connectivity index (χ1n) is 7.58. The number of aryl methyl sites for hydroxylation is 1. The number of rotatable bonds is 4. The Morgan fingerprint density at radius 1 is 1.28 bits per heavy atom. The molecule has 1 N–H and O–H groups in total. The van der Waals surface area contributed by atoms with Crippen LogP contribution in [-0.4, -0.2) is 6.54 Å². The monoisotopic (exact) mass is 243 g/mol. The molecule has 0 amide bonds. The lowest BCUT2D eigenvalue weighted by molar-refractivity contribution is 0.253. The molecule has 2 aliphatic rings. The van der Waals surface area contributed by atoms with Crippen LogP contribution in [0.3, 0.4) is 0 Å². The van der Waals surface area contributed by atoms with Gasteiger partial charge in [-0.25, -0.2) is 0 Å². The van der Waals surface area contributed by atoms with Crippen LogP contribution >= 0.6 is 0 Å². The highest BCUT2D eigenvalue weighted by Gasteiger charge is 2.43. The Labute approximate surface area is 111 Å². The predicted octanol–water partition coefficient (Wildman–Crippen LogP) is 4.08. The van der Waals surface area contributed by atoms with Gasteiger partial charge in [0.15, 0.2) is 0 Å². The maximum absolute atomic E-state index is 3.75. The van der Waals surface area contributed by atoms with Gasteiger partial charge < -0.3 is 5.32 Å². The minimum Gasteiger partial charge on any atom is -0.310 e. The Kier molecular flexibility index (Phi) is 3.43. The molecule has 98 valence electrons. The molecule has 18 heavy (non-hydrogen) atoms. The highest BCUT2D eigenvalue weighted by atomic mass is 14.9. The fraction of sp³-hybridized carbons (Fsp3) is 0.647. The van der Waals surface area contributed by atoms with Gasteiger partial charge in [-0.05, 0) is 56.0 Å². The second-order valence-electron chi connectivity index (χ2n) is 6.29. The molecule has 4 atom stereocenters. The lowest BCUT2D eigenvalue weighted by Crippen LogP contribution is -2.31. The molecule has 1 heteroatoms. The lowest BCUT2D eigenvalue weighted by atomic mass is 9.80. The SMILES string of the molecule is CCNC(c1cccc(C)c1)C1CC2CCC1C2. The van der Waals surface area contributed by atoms with Crippen molar-refractivity contribution in [3.8, 4) is 0 Å². The standard InChI is InChI=1S/C17H25N/c1-3-18-17(15-6-4-5-12(2)9-15)16-11-13-7-8-14(16)10-13/h4-6,9,13-14,16-18H,3,7-8,10-11H2,1-2H3. The number of benzene rings is 1. The summed E-state index contributed by atoms with van der Waals surface area (Å²) in [5.74, 6) is 2.90. The minimum atomic E-state index is 0.588. The zero-order chi connectivity index (χ0) is 12.5. The van der Waals surface area contributed by atoms with Crippen LogP contribution in [-0.2, 0) is 0 Å². The van der Waals surface area contributed by atoms with Crippen LogP contribution in [0.25, 0.3) is 0 Å². The largest absolute Gasteiger partial charge is 0.310 e. The van der Waals surface area contributed by atoms with Crippen molar-refractivity contribution in [2.45, 2.75) is 45.6 Å². The van der Waals surface area contributed by atoms with Crippen molar-refractivity contribution >= 4 is 0 Å². The van der Waals surface area contributed by atoms with Gasteiger partial charge in [-0.3, -0.25) is 0 Å². The molecule has 2 fully saturated rings. The Bertz CT molecular complexity index is 412. The van der Waals surface area contributed by atoms with Crippen molar-refractivity contribution in [2.24, 2.45) is 17.8 Å². The van der Waals surface area contributed by atoms with E-state index in [0.29, 0.717) is 6.04 Å². The molecular weight excluding hydrogens is 218 g/mol. The third-order valence-corrected chi connectivity index (χ3v) is 5.05. The quantitative estimate of drug-likeness (QED) is 0.840. The normalized spacial score (nSPS) is 31.8. The van der Waals surface area contributed by atoms with Crippen LogP contribution in [0.4, 0.5) is 0 Å². The Balaban J connectivity index is 1.84. The van der Waals surface area contributed by atoms with E-state index in [9.17, 15) is 0 Å². The van der Waals surface area contributed by atoms with Crippen molar-refractivity contribution in [2.75, 3.05) is 6.54 Å². The highest BCUT2D eigenvalue weighted by molar-refractivity contribution is 5.26. The van der Waals surface area contributed by atoms with Gasteiger partial charge in [0.1, 0.15) is 0 Å². The molecule has 1 nitrogen and oxygen atoms in total. The molecular formula is C17H25N. The van der Waals surface area contributed by atoms with Gasteiger partial charge in [-0.2, -0.15) is 0 Å². The summed E-state index contributed by atoms with van der Waals surface area (Å²) in [5, 5.41) is 3.75. The summed E-state index contributed by atoms with van der Waals surface area (Å²) in [6, 6.07) is 9.69.